The summed E-state index contributed by atoms with van der Waals surface area (Å²) in [7, 11) is 0.630. The Bertz CT molecular complexity index is 287. The molecule has 2 atom stereocenters. The van der Waals surface area contributed by atoms with E-state index in [0.717, 1.165) is 0 Å². The van der Waals surface area contributed by atoms with E-state index in [0.29, 0.717) is 9.75 Å². The molecule has 2 unspecified atom stereocenters. The Balaban J connectivity index is 5.62. The van der Waals surface area contributed by atoms with E-state index < -0.39 is 16.6 Å². The summed E-state index contributed by atoms with van der Waals surface area (Å²) < 4.78 is 12.8. The molecule has 0 saturated heterocycles. The first-order chi connectivity index (χ1) is 12.0. The van der Waals surface area contributed by atoms with Crippen LogP contribution in [0.2, 0.25) is 24.2 Å². The maximum atomic E-state index is 6.38. The highest BCUT2D eigenvalue weighted by molar-refractivity contribution is 8.03. The molecule has 0 aliphatic rings. The SMILES string of the molecule is CCC[Si](CCC)(OC)C(CC)SC(CC)[Si](CCC)(CCC)OC. The van der Waals surface area contributed by atoms with Crippen LogP contribution in [0.15, 0.2) is 0 Å². The molecule has 0 amide bonds. The minimum Gasteiger partial charge on any atom is -0.419 e. The molecule has 0 rings (SSSR count). The van der Waals surface area contributed by atoms with Crippen LogP contribution < -0.4 is 0 Å². The van der Waals surface area contributed by atoms with Crippen molar-refractivity contribution in [1.29, 1.82) is 0 Å². The highest BCUT2D eigenvalue weighted by Gasteiger charge is 2.46. The van der Waals surface area contributed by atoms with Crippen LogP contribution in [-0.2, 0) is 8.85 Å². The average molecular weight is 407 g/mol. The van der Waals surface area contributed by atoms with Gasteiger partial charge in [-0.3, -0.25) is 0 Å². The smallest absolute Gasteiger partial charge is 0.204 e. The summed E-state index contributed by atoms with van der Waals surface area (Å²) in [5.74, 6) is 0. The van der Waals surface area contributed by atoms with Crippen LogP contribution in [-0.4, -0.2) is 40.6 Å². The van der Waals surface area contributed by atoms with Gasteiger partial charge in [0, 0.05) is 24.0 Å². The first kappa shape index (κ1) is 25.7. The molecule has 0 aromatic carbocycles. The summed E-state index contributed by atoms with van der Waals surface area (Å²) in [6.07, 6.45) is 7.51. The Kier molecular flexibility index (Phi) is 14.2. The molecule has 152 valence electrons. The third-order valence-corrected chi connectivity index (χ3v) is 20.6. The molecule has 5 heteroatoms. The Labute approximate surface area is 165 Å². The van der Waals surface area contributed by atoms with E-state index in [-0.39, 0.29) is 0 Å². The van der Waals surface area contributed by atoms with Gasteiger partial charge in [0.15, 0.2) is 0 Å². The minimum absolute atomic E-state index is 0.707. The molecule has 0 spiro atoms. The highest BCUT2D eigenvalue weighted by atomic mass is 32.2. The Morgan fingerprint density at radius 3 is 1.04 bits per heavy atom. The van der Waals surface area contributed by atoms with Gasteiger partial charge in [0.05, 0.1) is 0 Å². The Morgan fingerprint density at radius 2 is 0.880 bits per heavy atom. The topological polar surface area (TPSA) is 18.5 Å². The van der Waals surface area contributed by atoms with Crippen LogP contribution >= 0.6 is 11.8 Å². The van der Waals surface area contributed by atoms with Gasteiger partial charge in [-0.2, -0.15) is 11.8 Å². The molecule has 0 aromatic rings. The van der Waals surface area contributed by atoms with Crippen LogP contribution in [0.4, 0.5) is 0 Å². The lowest BCUT2D eigenvalue weighted by Crippen LogP contribution is -2.53. The Hall–Kier alpha value is 0.704. The average Bonchev–Trinajstić information content (AvgIpc) is 2.62. The van der Waals surface area contributed by atoms with Crippen molar-refractivity contribution in [3.05, 3.63) is 0 Å². The van der Waals surface area contributed by atoms with Crippen LogP contribution in [0.5, 0.6) is 0 Å². The highest BCUT2D eigenvalue weighted by Crippen LogP contribution is 2.42. The number of rotatable bonds is 16. The first-order valence-corrected chi connectivity index (χ1v) is 16.5. The lowest BCUT2D eigenvalue weighted by atomic mass is 10.5. The minimum atomic E-state index is -1.69. The van der Waals surface area contributed by atoms with Gasteiger partial charge in [0.25, 0.3) is 0 Å². The van der Waals surface area contributed by atoms with E-state index in [1.54, 1.807) is 0 Å². The summed E-state index contributed by atoms with van der Waals surface area (Å²) in [5.41, 5.74) is 0. The van der Waals surface area contributed by atoms with Gasteiger partial charge < -0.3 is 8.85 Å². The second-order valence-electron chi connectivity index (χ2n) is 7.47. The van der Waals surface area contributed by atoms with Crippen molar-refractivity contribution in [3.63, 3.8) is 0 Å². The number of thioether (sulfide) groups is 1. The van der Waals surface area contributed by atoms with Gasteiger partial charge in [-0.15, -0.1) is 0 Å². The standard InChI is InChI=1S/C20H46O2SSi2/c1-9-15-24(21-7,16-10-2)19(13-5)23-20(14-6)25(22-8,17-11-3)18-12-4/h19-20H,9-18H2,1-8H3. The zero-order valence-corrected chi connectivity index (χ0v) is 21.3. The van der Waals surface area contributed by atoms with Gasteiger partial charge in [-0.25, -0.2) is 0 Å². The van der Waals surface area contributed by atoms with Crippen molar-refractivity contribution < 1.29 is 8.85 Å². The predicted molar refractivity (Wildman–Crippen MR) is 122 cm³/mol. The maximum Gasteiger partial charge on any atom is 0.204 e. The molecule has 0 aliphatic carbocycles. The fraction of sp³-hybridized carbons (Fsp3) is 1.00. The largest absolute Gasteiger partial charge is 0.419 e. The zero-order chi connectivity index (χ0) is 19.3. The molecule has 0 radical (unpaired) electrons. The van der Waals surface area contributed by atoms with Crippen molar-refractivity contribution in [2.75, 3.05) is 14.2 Å². The van der Waals surface area contributed by atoms with Gasteiger partial charge in [0.2, 0.25) is 16.6 Å². The van der Waals surface area contributed by atoms with Crippen molar-refractivity contribution >= 4 is 28.4 Å². The molecule has 0 saturated carbocycles. The van der Waals surface area contributed by atoms with E-state index in [1.807, 2.05) is 14.2 Å². The monoisotopic (exact) mass is 406 g/mol. The van der Waals surface area contributed by atoms with Crippen molar-refractivity contribution in [2.24, 2.45) is 0 Å². The van der Waals surface area contributed by atoms with E-state index in [1.165, 1.54) is 62.7 Å². The molecular formula is C20H46O2SSi2. The second-order valence-corrected chi connectivity index (χ2v) is 18.2. The van der Waals surface area contributed by atoms with Crippen LogP contribution in [0.1, 0.15) is 80.1 Å². The molecule has 0 aromatic heterocycles. The Morgan fingerprint density at radius 1 is 0.600 bits per heavy atom. The summed E-state index contributed by atoms with van der Waals surface area (Å²) in [5, 5.41) is 0. The molecule has 0 aliphatic heterocycles. The van der Waals surface area contributed by atoms with Crippen LogP contribution in [0.3, 0.4) is 0 Å². The first-order valence-electron chi connectivity index (χ1n) is 10.7. The predicted octanol–water partition coefficient (Wildman–Crippen LogP) is 7.18. The fourth-order valence-electron chi connectivity index (χ4n) is 4.64. The van der Waals surface area contributed by atoms with Crippen molar-refractivity contribution in [2.45, 2.75) is 114 Å². The molecule has 25 heavy (non-hydrogen) atoms. The molecule has 0 N–H and O–H groups in total. The summed E-state index contributed by atoms with van der Waals surface area (Å²) >= 11 is 2.29. The maximum absolute atomic E-state index is 6.38. The quantitative estimate of drug-likeness (QED) is 0.253. The molecule has 0 bridgehead atoms. The second kappa shape index (κ2) is 13.8. The number of hydrogen-bond acceptors (Lipinski definition) is 3. The summed E-state index contributed by atoms with van der Waals surface area (Å²) in [6.45, 7) is 14.1. The third-order valence-electron chi connectivity index (χ3n) is 5.75. The fourth-order valence-corrected chi connectivity index (χ4v) is 18.8. The zero-order valence-electron chi connectivity index (χ0n) is 18.5. The van der Waals surface area contributed by atoms with E-state index in [9.17, 15) is 0 Å². The van der Waals surface area contributed by atoms with E-state index in [2.05, 4.69) is 53.3 Å². The van der Waals surface area contributed by atoms with Gasteiger partial charge in [-0.05, 0) is 37.0 Å². The summed E-state index contributed by atoms with van der Waals surface area (Å²) in [4.78, 5) is 1.41. The molecular weight excluding hydrogens is 360 g/mol. The van der Waals surface area contributed by atoms with Gasteiger partial charge in [0.1, 0.15) is 0 Å². The van der Waals surface area contributed by atoms with E-state index >= 15 is 0 Å². The van der Waals surface area contributed by atoms with E-state index in [4.69, 9.17) is 8.85 Å². The molecule has 2 nitrogen and oxygen atoms in total. The summed E-state index contributed by atoms with van der Waals surface area (Å²) in [6, 6.07) is 5.23. The lowest BCUT2D eigenvalue weighted by molar-refractivity contribution is 0.381. The van der Waals surface area contributed by atoms with Crippen LogP contribution in [0.25, 0.3) is 0 Å². The van der Waals surface area contributed by atoms with Gasteiger partial charge >= 0.3 is 0 Å². The third kappa shape index (κ3) is 6.98. The molecule has 0 fully saturated rings. The normalized spacial score (nSPS) is 15.4. The lowest BCUT2D eigenvalue weighted by Gasteiger charge is -2.43. The van der Waals surface area contributed by atoms with Gasteiger partial charge in [-0.1, -0.05) is 67.2 Å². The van der Waals surface area contributed by atoms with Crippen LogP contribution in [0, 0.1) is 0 Å². The molecule has 0 heterocycles. The van der Waals surface area contributed by atoms with Crippen molar-refractivity contribution in [1.82, 2.24) is 0 Å². The number of hydrogen-bond donors (Lipinski definition) is 0. The van der Waals surface area contributed by atoms with Crippen molar-refractivity contribution in [3.8, 4) is 0 Å².